The summed E-state index contributed by atoms with van der Waals surface area (Å²) >= 11 is 0. The second kappa shape index (κ2) is 3.62. The predicted molar refractivity (Wildman–Crippen MR) is 53.1 cm³/mol. The van der Waals surface area contributed by atoms with E-state index in [1.807, 2.05) is 0 Å². The minimum atomic E-state index is -0.399. The van der Waals surface area contributed by atoms with Gasteiger partial charge < -0.3 is 4.74 Å². The van der Waals surface area contributed by atoms with E-state index in [0.29, 0.717) is 11.4 Å². The molecule has 1 amide bonds. The maximum Gasteiger partial charge on any atom is 0.265 e. The van der Waals surface area contributed by atoms with Gasteiger partial charge in [-0.05, 0) is 12.1 Å². The number of hydrogen-bond acceptors (Lipinski definition) is 2. The van der Waals surface area contributed by atoms with E-state index < -0.39 is 5.82 Å². The van der Waals surface area contributed by atoms with Crippen molar-refractivity contribution in [3.63, 3.8) is 0 Å². The molecule has 0 aliphatic carbocycles. The van der Waals surface area contributed by atoms with Crippen LogP contribution in [0.2, 0.25) is 0 Å². The van der Waals surface area contributed by atoms with Crippen LogP contribution in [0, 0.1) is 18.2 Å². The number of ether oxygens (including phenoxy) is 1. The van der Waals surface area contributed by atoms with Crippen LogP contribution in [0.1, 0.15) is 0 Å². The summed E-state index contributed by atoms with van der Waals surface area (Å²) in [6.07, 6.45) is 5.15. The fourth-order valence-electron chi connectivity index (χ4n) is 1.44. The molecule has 0 radical (unpaired) electrons. The molecule has 0 fully saturated rings. The Morgan fingerprint density at radius 3 is 3.13 bits per heavy atom. The molecule has 1 heterocycles. The average Bonchev–Trinajstić information content (AvgIpc) is 2.22. The van der Waals surface area contributed by atoms with Crippen molar-refractivity contribution in [2.45, 2.75) is 0 Å². The lowest BCUT2D eigenvalue weighted by molar-refractivity contribution is -0.121. The zero-order chi connectivity index (χ0) is 10.8. The lowest BCUT2D eigenvalue weighted by Gasteiger charge is -2.27. The van der Waals surface area contributed by atoms with Crippen LogP contribution in [0.15, 0.2) is 18.2 Å². The van der Waals surface area contributed by atoms with Gasteiger partial charge in [0.05, 0.1) is 12.2 Å². The summed E-state index contributed by atoms with van der Waals surface area (Å²) in [5.41, 5.74) is 0.519. The summed E-state index contributed by atoms with van der Waals surface area (Å²) in [6, 6.07) is 3.99. The molecule has 0 spiro atoms. The molecule has 0 unspecified atom stereocenters. The first-order valence-electron chi connectivity index (χ1n) is 4.38. The summed E-state index contributed by atoms with van der Waals surface area (Å²) in [5.74, 6) is 2.12. The molecule has 15 heavy (non-hydrogen) atoms. The smallest absolute Gasteiger partial charge is 0.265 e. The molecule has 1 aliphatic rings. The number of hydrogen-bond donors (Lipinski definition) is 0. The summed E-state index contributed by atoms with van der Waals surface area (Å²) in [5, 5.41) is 0. The van der Waals surface area contributed by atoms with E-state index >= 15 is 0 Å². The molecule has 0 atom stereocenters. The largest absolute Gasteiger partial charge is 0.481 e. The minimum Gasteiger partial charge on any atom is -0.481 e. The number of fused-ring (bicyclic) bond motifs is 1. The van der Waals surface area contributed by atoms with Gasteiger partial charge in [-0.15, -0.1) is 6.42 Å². The lowest BCUT2D eigenvalue weighted by Crippen LogP contribution is -2.39. The highest BCUT2D eigenvalue weighted by molar-refractivity contribution is 5.98. The van der Waals surface area contributed by atoms with Crippen molar-refractivity contribution in [1.29, 1.82) is 0 Å². The fourth-order valence-corrected chi connectivity index (χ4v) is 1.44. The quantitative estimate of drug-likeness (QED) is 0.644. The minimum absolute atomic E-state index is 0.0991. The van der Waals surface area contributed by atoms with Crippen LogP contribution >= 0.6 is 0 Å². The van der Waals surface area contributed by atoms with Gasteiger partial charge in [-0.3, -0.25) is 9.69 Å². The van der Waals surface area contributed by atoms with Crippen molar-refractivity contribution in [1.82, 2.24) is 0 Å². The molecule has 3 nitrogen and oxygen atoms in total. The Balaban J connectivity index is 2.44. The number of terminal acetylenes is 1. The number of halogens is 1. The van der Waals surface area contributed by atoms with Gasteiger partial charge in [0.15, 0.2) is 6.61 Å². The first kappa shape index (κ1) is 9.53. The van der Waals surface area contributed by atoms with Crippen LogP contribution in [0.3, 0.4) is 0 Å². The van der Waals surface area contributed by atoms with Crippen molar-refractivity contribution in [3.8, 4) is 18.1 Å². The number of carbonyl (C=O) groups excluding carboxylic acids is 1. The van der Waals surface area contributed by atoms with Gasteiger partial charge in [0, 0.05) is 6.07 Å². The zero-order valence-electron chi connectivity index (χ0n) is 7.87. The molecule has 76 valence electrons. The Hall–Kier alpha value is -2.02. The maximum absolute atomic E-state index is 12.9. The molecule has 0 aromatic heterocycles. The van der Waals surface area contributed by atoms with Gasteiger partial charge in [-0.2, -0.15) is 0 Å². The highest BCUT2D eigenvalue weighted by Crippen LogP contribution is 2.32. The first-order chi connectivity index (χ1) is 7.22. The van der Waals surface area contributed by atoms with Crippen molar-refractivity contribution >= 4 is 11.6 Å². The predicted octanol–water partition coefficient (Wildman–Crippen LogP) is 1.18. The van der Waals surface area contributed by atoms with E-state index in [-0.39, 0.29) is 19.1 Å². The van der Waals surface area contributed by atoms with Gasteiger partial charge in [-0.25, -0.2) is 4.39 Å². The number of benzene rings is 1. The van der Waals surface area contributed by atoms with Gasteiger partial charge in [0.1, 0.15) is 11.6 Å². The third kappa shape index (κ3) is 1.64. The molecule has 0 N–H and O–H groups in total. The van der Waals surface area contributed by atoms with E-state index in [0.717, 1.165) is 0 Å². The number of nitrogens with zero attached hydrogens (tertiary/aromatic N) is 1. The van der Waals surface area contributed by atoms with Crippen molar-refractivity contribution in [3.05, 3.63) is 24.0 Å². The summed E-state index contributed by atoms with van der Waals surface area (Å²) in [4.78, 5) is 12.8. The first-order valence-corrected chi connectivity index (χ1v) is 4.38. The summed E-state index contributed by atoms with van der Waals surface area (Å²) in [6.45, 7) is 0.0684. The molecule has 4 heteroatoms. The second-order valence-electron chi connectivity index (χ2n) is 3.08. The number of carbonyl (C=O) groups is 1. The summed E-state index contributed by atoms with van der Waals surface area (Å²) in [7, 11) is 0. The van der Waals surface area contributed by atoms with E-state index in [1.54, 1.807) is 0 Å². The Labute approximate surface area is 86.4 Å². The second-order valence-corrected chi connectivity index (χ2v) is 3.08. The van der Waals surface area contributed by atoms with Crippen LogP contribution in [-0.2, 0) is 4.79 Å². The fraction of sp³-hybridized carbons (Fsp3) is 0.182. The molecule has 1 aromatic rings. The van der Waals surface area contributed by atoms with Crippen LogP contribution in [-0.4, -0.2) is 19.1 Å². The number of amides is 1. The lowest BCUT2D eigenvalue weighted by atomic mass is 10.2. The van der Waals surface area contributed by atoms with Crippen LogP contribution in [0.25, 0.3) is 0 Å². The van der Waals surface area contributed by atoms with E-state index in [9.17, 15) is 9.18 Å². The van der Waals surface area contributed by atoms with Crippen LogP contribution in [0.4, 0.5) is 10.1 Å². The topological polar surface area (TPSA) is 29.5 Å². The SMILES string of the molecule is C#CCN1C(=O)COc2cc(F)ccc21. The average molecular weight is 205 g/mol. The molecule has 0 saturated heterocycles. The van der Waals surface area contributed by atoms with Gasteiger partial charge in [0.25, 0.3) is 5.91 Å². The third-order valence-electron chi connectivity index (χ3n) is 2.11. The molecular weight excluding hydrogens is 197 g/mol. The standard InChI is InChI=1S/C11H8FNO2/c1-2-5-13-9-4-3-8(12)6-10(9)15-7-11(13)14/h1,3-4,6H,5,7H2. The molecule has 1 aliphatic heterocycles. The van der Waals surface area contributed by atoms with Gasteiger partial charge >= 0.3 is 0 Å². The van der Waals surface area contributed by atoms with Gasteiger partial charge in [-0.1, -0.05) is 5.92 Å². The van der Waals surface area contributed by atoms with Crippen LogP contribution < -0.4 is 9.64 Å². The maximum atomic E-state index is 12.9. The molecular formula is C11H8FNO2. The van der Waals surface area contributed by atoms with E-state index in [4.69, 9.17) is 11.2 Å². The monoisotopic (exact) mass is 205 g/mol. The van der Waals surface area contributed by atoms with E-state index in [1.165, 1.54) is 23.1 Å². The Morgan fingerprint density at radius 1 is 1.60 bits per heavy atom. The normalized spacial score (nSPS) is 14.1. The Bertz CT molecular complexity index is 450. The molecule has 1 aromatic carbocycles. The Kier molecular flexibility index (Phi) is 2.30. The third-order valence-corrected chi connectivity index (χ3v) is 2.11. The van der Waals surface area contributed by atoms with E-state index in [2.05, 4.69) is 5.92 Å². The zero-order valence-corrected chi connectivity index (χ0v) is 7.87. The van der Waals surface area contributed by atoms with Gasteiger partial charge in [0.2, 0.25) is 0 Å². The number of rotatable bonds is 1. The molecule has 2 rings (SSSR count). The molecule has 0 bridgehead atoms. The van der Waals surface area contributed by atoms with Crippen molar-refractivity contribution < 1.29 is 13.9 Å². The van der Waals surface area contributed by atoms with Crippen LogP contribution in [0.5, 0.6) is 5.75 Å². The van der Waals surface area contributed by atoms with Crippen molar-refractivity contribution in [2.24, 2.45) is 0 Å². The number of anilines is 1. The highest BCUT2D eigenvalue weighted by Gasteiger charge is 2.24. The van der Waals surface area contributed by atoms with Crippen molar-refractivity contribution in [2.75, 3.05) is 18.1 Å². The Morgan fingerprint density at radius 2 is 2.40 bits per heavy atom. The highest BCUT2D eigenvalue weighted by atomic mass is 19.1. The summed E-state index contributed by atoms with van der Waals surface area (Å²) < 4.78 is 18.0. The molecule has 0 saturated carbocycles.